The maximum Gasteiger partial charge on any atom is 1.00 e. The summed E-state index contributed by atoms with van der Waals surface area (Å²) in [6, 6.07) is 0. The van der Waals surface area contributed by atoms with E-state index < -0.39 is 11.6 Å². The molecular formula is C12H22CsNO4. The first kappa shape index (κ1) is 21.1. The molecule has 1 fully saturated rings. The second-order valence-electron chi connectivity index (χ2n) is 5.18. The Kier molecular flexibility index (Phi) is 10.4. The molecule has 1 atom stereocenters. The zero-order valence-corrected chi connectivity index (χ0v) is 18.3. The minimum Gasteiger partial charge on any atom is -0.481 e. The number of amides is 1. The second-order valence-corrected chi connectivity index (χ2v) is 5.18. The van der Waals surface area contributed by atoms with Gasteiger partial charge in [-0.25, -0.2) is 4.79 Å². The number of carboxylic acids is 1. The SMILES string of the molecule is CC(C)(C)OC(=O)N1CCC(CC(=O)O)C1.[CH3-].[Cs+]. The van der Waals surface area contributed by atoms with Gasteiger partial charge < -0.3 is 22.2 Å². The molecule has 0 aromatic heterocycles. The Bertz CT molecular complexity index is 288. The molecule has 0 saturated carbocycles. The third-order valence-electron chi connectivity index (χ3n) is 2.40. The van der Waals surface area contributed by atoms with E-state index in [4.69, 9.17) is 9.84 Å². The summed E-state index contributed by atoms with van der Waals surface area (Å²) in [4.78, 5) is 23.8. The fourth-order valence-electron chi connectivity index (χ4n) is 1.74. The van der Waals surface area contributed by atoms with E-state index in [-0.39, 0.29) is 94.8 Å². The number of aliphatic carboxylic acids is 1. The number of ether oxygens (including phenoxy) is 1. The molecule has 100 valence electrons. The number of nitrogens with zero attached hydrogens (tertiary/aromatic N) is 1. The number of likely N-dealkylation sites (tertiary alicyclic amines) is 1. The number of hydrogen-bond donors (Lipinski definition) is 1. The third kappa shape index (κ3) is 8.06. The molecule has 0 spiro atoms. The van der Waals surface area contributed by atoms with Crippen molar-refractivity contribution in [1.82, 2.24) is 4.90 Å². The molecule has 1 N–H and O–H groups in total. The second kappa shape index (κ2) is 8.86. The van der Waals surface area contributed by atoms with Crippen LogP contribution in [-0.2, 0) is 9.53 Å². The molecule has 6 heteroatoms. The molecule has 0 aliphatic carbocycles. The standard InChI is InChI=1S/C11H19NO4.CH3.Cs/c1-11(2,3)16-10(15)12-5-4-8(7-12)6-9(13)14;;/h8H,4-7H2,1-3H3,(H,13,14);1H3;/q;-1;+1. The van der Waals surface area contributed by atoms with Gasteiger partial charge in [-0.05, 0) is 33.1 Å². The Morgan fingerprint density at radius 1 is 1.39 bits per heavy atom. The summed E-state index contributed by atoms with van der Waals surface area (Å²) in [6.45, 7) is 6.52. The third-order valence-corrected chi connectivity index (χ3v) is 2.40. The van der Waals surface area contributed by atoms with Crippen LogP contribution >= 0.6 is 0 Å². The number of carboxylic acid groups (broad SMARTS) is 1. The van der Waals surface area contributed by atoms with Crippen molar-refractivity contribution in [2.45, 2.75) is 39.2 Å². The van der Waals surface area contributed by atoms with E-state index in [1.54, 1.807) is 4.90 Å². The van der Waals surface area contributed by atoms with Crippen molar-refractivity contribution in [3.05, 3.63) is 7.43 Å². The van der Waals surface area contributed by atoms with Crippen molar-refractivity contribution in [2.24, 2.45) is 5.92 Å². The van der Waals surface area contributed by atoms with E-state index >= 15 is 0 Å². The smallest absolute Gasteiger partial charge is 0.481 e. The number of hydrogen-bond acceptors (Lipinski definition) is 3. The van der Waals surface area contributed by atoms with Gasteiger partial charge in [0.1, 0.15) is 5.60 Å². The summed E-state index contributed by atoms with van der Waals surface area (Å²) in [7, 11) is 0. The first-order valence-electron chi connectivity index (χ1n) is 5.47. The van der Waals surface area contributed by atoms with E-state index in [1.807, 2.05) is 20.8 Å². The van der Waals surface area contributed by atoms with Crippen LogP contribution < -0.4 is 68.9 Å². The zero-order valence-electron chi connectivity index (χ0n) is 12.0. The minimum atomic E-state index is -0.809. The Hall–Kier alpha value is 0.792. The van der Waals surface area contributed by atoms with E-state index in [0.717, 1.165) is 6.42 Å². The van der Waals surface area contributed by atoms with Crippen LogP contribution in [0.3, 0.4) is 0 Å². The van der Waals surface area contributed by atoms with E-state index in [0.29, 0.717) is 13.1 Å². The molecule has 0 radical (unpaired) electrons. The Balaban J connectivity index is 0. The molecule has 1 aliphatic heterocycles. The summed E-state index contributed by atoms with van der Waals surface area (Å²) < 4.78 is 5.21. The predicted molar refractivity (Wildman–Crippen MR) is 64.6 cm³/mol. The molecule has 0 aromatic rings. The summed E-state index contributed by atoms with van der Waals surface area (Å²) >= 11 is 0. The van der Waals surface area contributed by atoms with Gasteiger partial charge in [0.25, 0.3) is 0 Å². The molecular weight excluding hydrogens is 355 g/mol. The molecule has 1 rings (SSSR count). The van der Waals surface area contributed by atoms with Gasteiger partial charge in [-0.2, -0.15) is 0 Å². The van der Waals surface area contributed by atoms with E-state index in [1.165, 1.54) is 0 Å². The van der Waals surface area contributed by atoms with Crippen LogP contribution in [0.25, 0.3) is 0 Å². The molecule has 5 nitrogen and oxygen atoms in total. The van der Waals surface area contributed by atoms with Crippen molar-refractivity contribution in [3.8, 4) is 0 Å². The van der Waals surface area contributed by atoms with E-state index in [2.05, 4.69) is 0 Å². The molecule has 1 amide bonds. The summed E-state index contributed by atoms with van der Waals surface area (Å²) in [5, 5.41) is 8.65. The van der Waals surface area contributed by atoms with Gasteiger partial charge in [0.05, 0.1) is 0 Å². The zero-order chi connectivity index (χ0) is 12.3. The van der Waals surface area contributed by atoms with Gasteiger partial charge in [0.15, 0.2) is 0 Å². The monoisotopic (exact) mass is 377 g/mol. The van der Waals surface area contributed by atoms with E-state index in [9.17, 15) is 9.59 Å². The van der Waals surface area contributed by atoms with Crippen LogP contribution in [0.1, 0.15) is 33.6 Å². The van der Waals surface area contributed by atoms with Crippen molar-refractivity contribution >= 4 is 12.1 Å². The molecule has 1 aliphatic rings. The number of carbonyl (C=O) groups excluding carboxylic acids is 1. The normalized spacial score (nSPS) is 18.6. The van der Waals surface area contributed by atoms with Crippen molar-refractivity contribution in [1.29, 1.82) is 0 Å². The van der Waals surface area contributed by atoms with Crippen LogP contribution in [0.4, 0.5) is 4.79 Å². The molecule has 1 saturated heterocycles. The van der Waals surface area contributed by atoms with Crippen LogP contribution in [-0.4, -0.2) is 40.8 Å². The molecule has 0 aromatic carbocycles. The molecule has 1 unspecified atom stereocenters. The van der Waals surface area contributed by atoms with Crippen LogP contribution in [0, 0.1) is 13.3 Å². The van der Waals surface area contributed by atoms with Crippen molar-refractivity contribution in [2.75, 3.05) is 13.1 Å². The van der Waals surface area contributed by atoms with Gasteiger partial charge in [0, 0.05) is 19.5 Å². The quantitative estimate of drug-likeness (QED) is 0.639. The minimum absolute atomic E-state index is 0. The Labute approximate surface area is 168 Å². The van der Waals surface area contributed by atoms with Gasteiger partial charge in [0.2, 0.25) is 0 Å². The number of rotatable bonds is 2. The topological polar surface area (TPSA) is 66.8 Å². The fourth-order valence-corrected chi connectivity index (χ4v) is 1.74. The average Bonchev–Trinajstić information content (AvgIpc) is 2.48. The molecule has 1 heterocycles. The summed E-state index contributed by atoms with van der Waals surface area (Å²) in [5.41, 5.74) is -0.498. The Morgan fingerprint density at radius 3 is 2.39 bits per heavy atom. The van der Waals surface area contributed by atoms with Gasteiger partial charge in [-0.15, -0.1) is 0 Å². The first-order chi connectivity index (χ1) is 7.28. The van der Waals surface area contributed by atoms with Crippen molar-refractivity contribution in [3.63, 3.8) is 0 Å². The maximum atomic E-state index is 11.6. The van der Waals surface area contributed by atoms with Crippen LogP contribution in [0.2, 0.25) is 0 Å². The summed E-state index contributed by atoms with van der Waals surface area (Å²) in [6.07, 6.45) is 0.519. The first-order valence-corrected chi connectivity index (χ1v) is 5.47. The summed E-state index contributed by atoms with van der Waals surface area (Å²) in [5.74, 6) is -0.749. The number of carbonyl (C=O) groups is 2. The fraction of sp³-hybridized carbons (Fsp3) is 0.750. The Morgan fingerprint density at radius 2 is 1.94 bits per heavy atom. The molecule has 18 heavy (non-hydrogen) atoms. The predicted octanol–water partition coefficient (Wildman–Crippen LogP) is -0.828. The van der Waals surface area contributed by atoms with Gasteiger partial charge >= 0.3 is 81.0 Å². The van der Waals surface area contributed by atoms with Gasteiger partial charge in [-0.3, -0.25) is 4.79 Å². The van der Waals surface area contributed by atoms with Crippen LogP contribution in [0.5, 0.6) is 0 Å². The average molecular weight is 377 g/mol. The van der Waals surface area contributed by atoms with Crippen LogP contribution in [0.15, 0.2) is 0 Å². The van der Waals surface area contributed by atoms with Gasteiger partial charge in [-0.1, -0.05) is 0 Å². The van der Waals surface area contributed by atoms with Crippen molar-refractivity contribution < 1.29 is 88.3 Å². The largest absolute Gasteiger partial charge is 1.00 e. The molecule has 0 bridgehead atoms. The maximum absolute atomic E-state index is 11.6.